The van der Waals surface area contributed by atoms with Gasteiger partial charge in [-0.05, 0) is 37.0 Å². The summed E-state index contributed by atoms with van der Waals surface area (Å²) in [6.45, 7) is 0.685. The number of rotatable bonds is 1. The first-order valence-electron chi connectivity index (χ1n) is 7.89. The summed E-state index contributed by atoms with van der Waals surface area (Å²) in [5, 5.41) is 0.616. The number of nitrogens with one attached hydrogen (secondary N) is 1. The van der Waals surface area contributed by atoms with E-state index in [2.05, 4.69) is 4.98 Å². The molecule has 3 heterocycles. The van der Waals surface area contributed by atoms with E-state index in [0.29, 0.717) is 17.1 Å². The molecule has 2 bridgehead atoms. The Morgan fingerprint density at radius 1 is 1.32 bits per heavy atom. The summed E-state index contributed by atoms with van der Waals surface area (Å²) in [5.74, 6) is -1.38. The molecule has 1 saturated heterocycles. The molecule has 1 unspecified atom stereocenters. The zero-order chi connectivity index (χ0) is 15.1. The number of H-pyrrole nitrogens is 1. The van der Waals surface area contributed by atoms with E-state index in [0.717, 1.165) is 30.6 Å². The summed E-state index contributed by atoms with van der Waals surface area (Å²) in [5.41, 5.74) is 1.77. The standard InChI is InChI=1S/C17H18F2N2O/c1-22-10-2-3-13-11(6-10)15-16(20-13)12-4-9-5-14(12)21(7-9)8-17(15,18)19/h2-3,6,9,12,14,20H,4-5,7-8H2,1H3/t9-,12-,14?/m1/s1. The summed E-state index contributed by atoms with van der Waals surface area (Å²) in [6.07, 6.45) is 2.10. The second-order valence-corrected chi connectivity index (χ2v) is 6.97. The molecule has 3 aliphatic rings. The first kappa shape index (κ1) is 12.9. The molecule has 3 nitrogen and oxygen atoms in total. The number of piperidine rings is 1. The van der Waals surface area contributed by atoms with Crippen LogP contribution in [0.3, 0.4) is 0 Å². The molecule has 22 heavy (non-hydrogen) atoms. The lowest BCUT2D eigenvalue weighted by Gasteiger charge is -2.31. The van der Waals surface area contributed by atoms with Crippen molar-refractivity contribution in [1.82, 2.24) is 9.88 Å². The van der Waals surface area contributed by atoms with Crippen molar-refractivity contribution in [3.05, 3.63) is 29.5 Å². The van der Waals surface area contributed by atoms with Gasteiger partial charge in [-0.15, -0.1) is 0 Å². The fraction of sp³-hybridized carbons (Fsp3) is 0.529. The minimum atomic E-state index is -2.81. The quantitative estimate of drug-likeness (QED) is 0.874. The third-order valence-electron chi connectivity index (χ3n) is 5.76. The van der Waals surface area contributed by atoms with Crippen LogP contribution in [0.4, 0.5) is 8.78 Å². The number of ether oxygens (including phenoxy) is 1. The topological polar surface area (TPSA) is 28.3 Å². The number of aromatic amines is 1. The third kappa shape index (κ3) is 1.52. The Bertz CT molecular complexity index is 769. The SMILES string of the molecule is COc1ccc2[nH]c3c(c2c1)C(F)(F)CN1C[C@H]2CC1[C@H]3C2. The maximum atomic E-state index is 15.0. The highest BCUT2D eigenvalue weighted by molar-refractivity contribution is 5.87. The van der Waals surface area contributed by atoms with Crippen molar-refractivity contribution in [2.45, 2.75) is 30.7 Å². The molecule has 2 fully saturated rings. The molecule has 0 spiro atoms. The molecule has 116 valence electrons. The largest absolute Gasteiger partial charge is 0.497 e. The lowest BCUT2D eigenvalue weighted by atomic mass is 9.93. The Balaban J connectivity index is 1.79. The van der Waals surface area contributed by atoms with Crippen molar-refractivity contribution in [3.63, 3.8) is 0 Å². The van der Waals surface area contributed by atoms with E-state index in [1.165, 1.54) is 0 Å². The van der Waals surface area contributed by atoms with Crippen molar-refractivity contribution in [1.29, 1.82) is 0 Å². The van der Waals surface area contributed by atoms with Gasteiger partial charge >= 0.3 is 0 Å². The van der Waals surface area contributed by atoms with Crippen LogP contribution in [0.15, 0.2) is 18.2 Å². The Kier molecular flexibility index (Phi) is 2.35. The maximum Gasteiger partial charge on any atom is 0.287 e. The number of hydrogen-bond donors (Lipinski definition) is 1. The lowest BCUT2D eigenvalue weighted by Crippen LogP contribution is -2.40. The van der Waals surface area contributed by atoms with Crippen LogP contribution in [0, 0.1) is 5.92 Å². The molecule has 5 heteroatoms. The van der Waals surface area contributed by atoms with Crippen molar-refractivity contribution >= 4 is 10.9 Å². The van der Waals surface area contributed by atoms with Gasteiger partial charge in [0.05, 0.1) is 19.2 Å². The summed E-state index contributed by atoms with van der Waals surface area (Å²) >= 11 is 0. The molecule has 1 saturated carbocycles. The van der Waals surface area contributed by atoms with Crippen LogP contribution in [0.1, 0.15) is 30.0 Å². The van der Waals surface area contributed by atoms with Crippen LogP contribution in [0.2, 0.25) is 0 Å². The number of halogens is 2. The minimum absolute atomic E-state index is 0.151. The molecule has 2 aliphatic heterocycles. The highest BCUT2D eigenvalue weighted by atomic mass is 19.3. The molecule has 1 aromatic carbocycles. The van der Waals surface area contributed by atoms with Crippen molar-refractivity contribution in [2.24, 2.45) is 5.92 Å². The normalized spacial score (nSPS) is 32.2. The van der Waals surface area contributed by atoms with Gasteiger partial charge in [0.25, 0.3) is 5.92 Å². The number of hydrogen-bond acceptors (Lipinski definition) is 2. The zero-order valence-electron chi connectivity index (χ0n) is 12.4. The molecule has 0 amide bonds. The smallest absolute Gasteiger partial charge is 0.287 e. The molecule has 0 radical (unpaired) electrons. The second kappa shape index (κ2) is 4.02. The molecule has 2 aromatic rings. The zero-order valence-corrected chi connectivity index (χ0v) is 12.4. The third-order valence-corrected chi connectivity index (χ3v) is 5.76. The Labute approximate surface area is 127 Å². The van der Waals surface area contributed by atoms with Gasteiger partial charge in [-0.25, -0.2) is 0 Å². The van der Waals surface area contributed by atoms with E-state index in [1.807, 2.05) is 17.0 Å². The number of fused-ring (bicyclic) bond motifs is 5. The first-order valence-corrected chi connectivity index (χ1v) is 7.89. The fourth-order valence-electron chi connectivity index (χ4n) is 4.96. The van der Waals surface area contributed by atoms with Gasteiger partial charge in [0.1, 0.15) is 5.75 Å². The maximum absolute atomic E-state index is 15.0. The number of alkyl halides is 2. The minimum Gasteiger partial charge on any atom is -0.497 e. The van der Waals surface area contributed by atoms with Gasteiger partial charge in [0.15, 0.2) is 0 Å². The van der Waals surface area contributed by atoms with Crippen molar-refractivity contribution < 1.29 is 13.5 Å². The first-order chi connectivity index (χ1) is 10.6. The average molecular weight is 304 g/mol. The van der Waals surface area contributed by atoms with Crippen LogP contribution in [-0.2, 0) is 5.92 Å². The van der Waals surface area contributed by atoms with Crippen LogP contribution in [-0.4, -0.2) is 36.1 Å². The van der Waals surface area contributed by atoms with E-state index >= 15 is 0 Å². The molecular weight excluding hydrogens is 286 g/mol. The van der Waals surface area contributed by atoms with Crippen LogP contribution < -0.4 is 4.74 Å². The summed E-state index contributed by atoms with van der Waals surface area (Å²) < 4.78 is 35.2. The second-order valence-electron chi connectivity index (χ2n) is 6.97. The van der Waals surface area contributed by atoms with E-state index in [-0.39, 0.29) is 24.1 Å². The summed E-state index contributed by atoms with van der Waals surface area (Å²) in [4.78, 5) is 5.33. The molecule has 1 N–H and O–H groups in total. The van der Waals surface area contributed by atoms with Crippen molar-refractivity contribution in [3.8, 4) is 5.75 Å². The highest BCUT2D eigenvalue weighted by Gasteiger charge is 2.54. The average Bonchev–Trinajstić information content (AvgIpc) is 3.15. The Hall–Kier alpha value is -1.62. The Morgan fingerprint density at radius 2 is 2.18 bits per heavy atom. The molecule has 3 atom stereocenters. The molecule has 1 aromatic heterocycles. The number of benzene rings is 1. The monoisotopic (exact) mass is 304 g/mol. The summed E-state index contributed by atoms with van der Waals surface area (Å²) in [7, 11) is 1.57. The van der Waals surface area contributed by atoms with Gasteiger partial charge in [-0.3, -0.25) is 4.90 Å². The predicted octanol–water partition coefficient (Wildman–Crippen LogP) is 3.46. The van der Waals surface area contributed by atoms with Crippen LogP contribution in [0.5, 0.6) is 5.75 Å². The van der Waals surface area contributed by atoms with E-state index in [1.54, 1.807) is 13.2 Å². The van der Waals surface area contributed by atoms with Crippen LogP contribution >= 0.6 is 0 Å². The number of aromatic nitrogens is 1. The van der Waals surface area contributed by atoms with E-state index < -0.39 is 5.92 Å². The van der Waals surface area contributed by atoms with Gasteiger partial charge in [-0.2, -0.15) is 8.78 Å². The Morgan fingerprint density at radius 3 is 2.95 bits per heavy atom. The van der Waals surface area contributed by atoms with Crippen LogP contribution in [0.25, 0.3) is 10.9 Å². The molecule has 5 rings (SSSR count). The highest BCUT2D eigenvalue weighted by Crippen LogP contribution is 2.54. The van der Waals surface area contributed by atoms with E-state index in [9.17, 15) is 8.78 Å². The van der Waals surface area contributed by atoms with Gasteiger partial charge < -0.3 is 9.72 Å². The number of methoxy groups -OCH3 is 1. The lowest BCUT2D eigenvalue weighted by molar-refractivity contribution is -0.0380. The van der Waals surface area contributed by atoms with Gasteiger partial charge in [-0.1, -0.05) is 0 Å². The summed E-state index contributed by atoms with van der Waals surface area (Å²) in [6, 6.07) is 5.70. The fourth-order valence-corrected chi connectivity index (χ4v) is 4.96. The van der Waals surface area contributed by atoms with Crippen molar-refractivity contribution in [2.75, 3.05) is 20.2 Å². The molecular formula is C17H18F2N2O. The molecule has 1 aliphatic carbocycles. The van der Waals surface area contributed by atoms with Gasteiger partial charge in [0.2, 0.25) is 0 Å². The van der Waals surface area contributed by atoms with E-state index in [4.69, 9.17) is 4.74 Å². The van der Waals surface area contributed by atoms with Gasteiger partial charge in [0, 0.05) is 35.1 Å². The number of nitrogens with zero attached hydrogens (tertiary/aromatic N) is 1. The predicted molar refractivity (Wildman–Crippen MR) is 79.6 cm³/mol.